The van der Waals surface area contributed by atoms with Crippen LogP contribution in [-0.4, -0.2) is 40.7 Å². The third-order valence-corrected chi connectivity index (χ3v) is 4.44. The summed E-state index contributed by atoms with van der Waals surface area (Å²) in [4.78, 5) is 4.00. The summed E-state index contributed by atoms with van der Waals surface area (Å²) in [5, 5.41) is 5.39. The highest BCUT2D eigenvalue weighted by Gasteiger charge is 2.29. The average molecular weight is 360 g/mol. The number of hydrogen-bond acceptors (Lipinski definition) is 3. The summed E-state index contributed by atoms with van der Waals surface area (Å²) < 4.78 is 52.4. The van der Waals surface area contributed by atoms with Crippen LogP contribution in [0.1, 0.15) is 18.9 Å². The SMILES string of the molecule is CCC1C=NN(C(=NCC(F)(F)F)NS(=O)c2cccc(C)c2)C1. The second-order valence-corrected chi connectivity index (χ2v) is 6.67. The van der Waals surface area contributed by atoms with Crippen LogP contribution in [0.5, 0.6) is 0 Å². The van der Waals surface area contributed by atoms with Crippen molar-refractivity contribution in [1.29, 1.82) is 0 Å². The monoisotopic (exact) mass is 360 g/mol. The van der Waals surface area contributed by atoms with Crippen LogP contribution in [0.15, 0.2) is 39.3 Å². The van der Waals surface area contributed by atoms with Crippen LogP contribution in [0.4, 0.5) is 13.2 Å². The molecule has 5 nitrogen and oxygen atoms in total. The van der Waals surface area contributed by atoms with Gasteiger partial charge in [0.2, 0.25) is 5.96 Å². The Morgan fingerprint density at radius 3 is 2.83 bits per heavy atom. The Morgan fingerprint density at radius 2 is 2.25 bits per heavy atom. The van der Waals surface area contributed by atoms with E-state index in [0.29, 0.717) is 11.4 Å². The molecule has 1 N–H and O–H groups in total. The third-order valence-electron chi connectivity index (χ3n) is 3.39. The van der Waals surface area contributed by atoms with Crippen molar-refractivity contribution in [2.75, 3.05) is 13.1 Å². The number of hydrazone groups is 1. The number of aliphatic imine (C=N–C) groups is 1. The van der Waals surface area contributed by atoms with Gasteiger partial charge in [-0.2, -0.15) is 18.3 Å². The molecule has 0 radical (unpaired) electrons. The van der Waals surface area contributed by atoms with E-state index in [0.717, 1.165) is 12.0 Å². The molecule has 1 heterocycles. The fraction of sp³-hybridized carbons (Fsp3) is 0.467. The van der Waals surface area contributed by atoms with Gasteiger partial charge in [0.15, 0.2) is 11.0 Å². The third kappa shape index (κ3) is 5.33. The van der Waals surface area contributed by atoms with Gasteiger partial charge in [-0.3, -0.25) is 4.72 Å². The van der Waals surface area contributed by atoms with Crippen LogP contribution in [0, 0.1) is 12.8 Å². The number of aryl methyl sites for hydroxylation is 1. The lowest BCUT2D eigenvalue weighted by Gasteiger charge is -2.19. The largest absolute Gasteiger partial charge is 0.408 e. The minimum absolute atomic E-state index is 0.135. The molecule has 0 bridgehead atoms. The van der Waals surface area contributed by atoms with Crippen LogP contribution in [0.3, 0.4) is 0 Å². The molecule has 0 fully saturated rings. The highest BCUT2D eigenvalue weighted by atomic mass is 32.2. The molecule has 0 aliphatic carbocycles. The molecule has 2 unspecified atom stereocenters. The normalized spacial score (nSPS) is 19.6. The molecule has 2 rings (SSSR count). The number of hydrogen-bond donors (Lipinski definition) is 1. The molecule has 0 saturated heterocycles. The van der Waals surface area contributed by atoms with Crippen molar-refractivity contribution in [2.24, 2.45) is 16.0 Å². The highest BCUT2D eigenvalue weighted by Crippen LogP contribution is 2.17. The van der Waals surface area contributed by atoms with Gasteiger partial charge < -0.3 is 0 Å². The molecule has 1 aromatic rings. The molecule has 9 heteroatoms. The maximum Gasteiger partial charge on any atom is 0.408 e. The summed E-state index contributed by atoms with van der Waals surface area (Å²) in [6.45, 7) is 2.86. The van der Waals surface area contributed by atoms with Crippen molar-refractivity contribution in [3.63, 3.8) is 0 Å². The second-order valence-electron chi connectivity index (χ2n) is 5.46. The Labute approximate surface area is 141 Å². The number of nitrogens with one attached hydrogen (secondary N) is 1. The molecule has 24 heavy (non-hydrogen) atoms. The maximum absolute atomic E-state index is 12.5. The van der Waals surface area contributed by atoms with E-state index < -0.39 is 23.7 Å². The first-order valence-corrected chi connectivity index (χ1v) is 8.61. The van der Waals surface area contributed by atoms with Gasteiger partial charge in [0.05, 0.1) is 11.4 Å². The van der Waals surface area contributed by atoms with E-state index in [-0.39, 0.29) is 11.9 Å². The Morgan fingerprint density at radius 1 is 1.50 bits per heavy atom. The van der Waals surface area contributed by atoms with Gasteiger partial charge in [0.25, 0.3) is 0 Å². The van der Waals surface area contributed by atoms with E-state index in [1.165, 1.54) is 5.01 Å². The van der Waals surface area contributed by atoms with E-state index in [4.69, 9.17) is 0 Å². The van der Waals surface area contributed by atoms with Crippen molar-refractivity contribution in [1.82, 2.24) is 9.73 Å². The molecular formula is C15H19F3N4OS. The second kappa shape index (κ2) is 7.78. The molecule has 1 aromatic carbocycles. The van der Waals surface area contributed by atoms with Gasteiger partial charge in [0, 0.05) is 12.1 Å². The first-order chi connectivity index (χ1) is 11.3. The number of halogens is 3. The zero-order valence-corrected chi connectivity index (χ0v) is 14.2. The van der Waals surface area contributed by atoms with Crippen molar-refractivity contribution < 1.29 is 17.4 Å². The average Bonchev–Trinajstić information content (AvgIpc) is 2.99. The lowest BCUT2D eigenvalue weighted by atomic mass is 10.1. The fourth-order valence-electron chi connectivity index (χ4n) is 2.07. The Bertz CT molecular complexity index is 660. The number of guanidine groups is 1. The summed E-state index contributed by atoms with van der Waals surface area (Å²) in [5.74, 6) is -0.00495. The van der Waals surface area contributed by atoms with Gasteiger partial charge >= 0.3 is 6.18 Å². The van der Waals surface area contributed by atoms with E-state index >= 15 is 0 Å². The van der Waals surface area contributed by atoms with Crippen molar-refractivity contribution in [2.45, 2.75) is 31.3 Å². The van der Waals surface area contributed by atoms with Crippen molar-refractivity contribution >= 4 is 23.2 Å². The molecular weight excluding hydrogens is 341 g/mol. The quantitative estimate of drug-likeness (QED) is 0.663. The number of rotatable bonds is 4. The van der Waals surface area contributed by atoms with Gasteiger partial charge in [-0.25, -0.2) is 14.2 Å². The molecule has 0 aromatic heterocycles. The molecule has 0 spiro atoms. The molecule has 0 amide bonds. The first-order valence-electron chi connectivity index (χ1n) is 7.46. The molecule has 0 saturated carbocycles. The topological polar surface area (TPSA) is 57.1 Å². The highest BCUT2D eigenvalue weighted by molar-refractivity contribution is 7.83. The zero-order chi connectivity index (χ0) is 17.7. The number of alkyl halides is 3. The zero-order valence-electron chi connectivity index (χ0n) is 13.4. The van der Waals surface area contributed by atoms with Gasteiger partial charge in [-0.15, -0.1) is 0 Å². The Kier molecular flexibility index (Phi) is 5.98. The van der Waals surface area contributed by atoms with Crippen LogP contribution in [0.2, 0.25) is 0 Å². The first kappa shape index (κ1) is 18.4. The van der Waals surface area contributed by atoms with E-state index in [2.05, 4.69) is 14.8 Å². The molecule has 1 aliphatic heterocycles. The summed E-state index contributed by atoms with van der Waals surface area (Å²) in [7, 11) is -1.72. The number of nitrogens with zero attached hydrogens (tertiary/aromatic N) is 3. The summed E-state index contributed by atoms with van der Waals surface area (Å²) in [6, 6.07) is 6.92. The maximum atomic E-state index is 12.5. The number of benzene rings is 1. The van der Waals surface area contributed by atoms with Crippen molar-refractivity contribution in [3.8, 4) is 0 Å². The predicted octanol–water partition coefficient (Wildman–Crippen LogP) is 2.85. The smallest absolute Gasteiger partial charge is 0.270 e. The summed E-state index contributed by atoms with van der Waals surface area (Å²) in [5.41, 5.74) is 0.904. The van der Waals surface area contributed by atoms with E-state index in [1.54, 1.807) is 24.4 Å². The lowest BCUT2D eigenvalue weighted by Crippen LogP contribution is -2.40. The van der Waals surface area contributed by atoms with Crippen molar-refractivity contribution in [3.05, 3.63) is 29.8 Å². The van der Waals surface area contributed by atoms with Gasteiger partial charge in [-0.05, 0) is 31.0 Å². The Hall–Kier alpha value is -1.90. The van der Waals surface area contributed by atoms with E-state index in [9.17, 15) is 17.4 Å². The minimum atomic E-state index is -4.44. The van der Waals surface area contributed by atoms with Crippen LogP contribution < -0.4 is 4.72 Å². The predicted molar refractivity (Wildman–Crippen MR) is 88.1 cm³/mol. The molecule has 1 aliphatic rings. The standard InChI is InChI=1S/C15H19F3N4OS/c1-3-12-8-20-22(9-12)14(19-10-15(16,17)18)21-24(23)13-6-4-5-11(2)7-13/h4-8,12H,3,9-10H2,1-2H3,(H,19,21). The Balaban J connectivity index is 2.17. The lowest BCUT2D eigenvalue weighted by molar-refractivity contribution is -0.118. The minimum Gasteiger partial charge on any atom is -0.270 e. The summed E-state index contributed by atoms with van der Waals surface area (Å²) >= 11 is 0. The molecule has 132 valence electrons. The van der Waals surface area contributed by atoms with Crippen LogP contribution in [0.25, 0.3) is 0 Å². The fourth-order valence-corrected chi connectivity index (χ4v) is 3.02. The van der Waals surface area contributed by atoms with E-state index in [1.807, 2.05) is 19.9 Å². The molecule has 2 atom stereocenters. The van der Waals surface area contributed by atoms with Crippen LogP contribution in [-0.2, 0) is 11.0 Å². The van der Waals surface area contributed by atoms with Gasteiger partial charge in [-0.1, -0.05) is 19.1 Å². The summed E-state index contributed by atoms with van der Waals surface area (Å²) in [6.07, 6.45) is -1.96. The van der Waals surface area contributed by atoms with Crippen LogP contribution >= 0.6 is 0 Å². The van der Waals surface area contributed by atoms with Gasteiger partial charge in [0.1, 0.15) is 6.54 Å².